The fourth-order valence-electron chi connectivity index (χ4n) is 2.49. The molecule has 0 saturated heterocycles. The number of amides is 1. The maximum absolute atomic E-state index is 12.1. The van der Waals surface area contributed by atoms with Crippen LogP contribution in [0.1, 0.15) is 57.6 Å². The highest BCUT2D eigenvalue weighted by Crippen LogP contribution is 2.31. The third-order valence-corrected chi connectivity index (χ3v) is 3.97. The van der Waals surface area contributed by atoms with Gasteiger partial charge in [0.15, 0.2) is 6.10 Å². The molecule has 7 heteroatoms. The van der Waals surface area contributed by atoms with Crippen molar-refractivity contribution in [1.29, 1.82) is 0 Å². The number of rotatable bonds is 11. The van der Waals surface area contributed by atoms with Crippen molar-refractivity contribution in [3.63, 3.8) is 0 Å². The summed E-state index contributed by atoms with van der Waals surface area (Å²) < 4.78 is 16.2. The number of nitrogens with one attached hydrogen (secondary N) is 1. The van der Waals surface area contributed by atoms with E-state index in [2.05, 4.69) is 5.32 Å². The van der Waals surface area contributed by atoms with Crippen molar-refractivity contribution < 1.29 is 23.6 Å². The fourth-order valence-corrected chi connectivity index (χ4v) is 2.94. The van der Waals surface area contributed by atoms with Crippen LogP contribution in [0.2, 0.25) is 0 Å². The predicted octanol–water partition coefficient (Wildman–Crippen LogP) is 2.81. The zero-order valence-electron chi connectivity index (χ0n) is 14.1. The molecule has 1 rings (SSSR count). The molecular weight excluding hydrogens is 329 g/mol. The first-order valence-electron chi connectivity index (χ1n) is 8.09. The Morgan fingerprint density at radius 2 is 1.92 bits per heavy atom. The van der Waals surface area contributed by atoms with E-state index in [4.69, 9.17) is 4.52 Å². The highest BCUT2D eigenvalue weighted by Gasteiger charge is 2.30. The number of carbonyl (C=O) groups is 2. The van der Waals surface area contributed by atoms with E-state index in [1.165, 1.54) is 6.92 Å². The molecule has 3 atom stereocenters. The Kier molecular flexibility index (Phi) is 9.38. The Labute approximate surface area is 143 Å². The summed E-state index contributed by atoms with van der Waals surface area (Å²) in [5.74, 6) is -0.165. The first-order chi connectivity index (χ1) is 11.4. The number of hydrogen-bond acceptors (Lipinski definition) is 5. The quantitative estimate of drug-likeness (QED) is 0.617. The summed E-state index contributed by atoms with van der Waals surface area (Å²) >= 11 is 0. The van der Waals surface area contributed by atoms with Crippen LogP contribution in [0.5, 0.6) is 0 Å². The van der Waals surface area contributed by atoms with Crippen molar-refractivity contribution >= 4 is 19.9 Å². The number of hydrogen-bond donors (Lipinski definition) is 1. The van der Waals surface area contributed by atoms with Gasteiger partial charge in [-0.3, -0.25) is 4.79 Å². The summed E-state index contributed by atoms with van der Waals surface area (Å²) in [4.78, 5) is 34.1. The van der Waals surface area contributed by atoms with Gasteiger partial charge in [-0.2, -0.15) is 0 Å². The van der Waals surface area contributed by atoms with E-state index in [0.29, 0.717) is 24.8 Å². The van der Waals surface area contributed by atoms with Crippen LogP contribution in [0.4, 0.5) is 0 Å². The number of Topliss-reactive ketones (excluding diaryl/α,β-unsaturated/α-hetero) is 1. The van der Waals surface area contributed by atoms with E-state index in [0.717, 1.165) is 6.42 Å². The van der Waals surface area contributed by atoms with Gasteiger partial charge in [0, 0.05) is 12.8 Å². The van der Waals surface area contributed by atoms with Gasteiger partial charge in [0.1, 0.15) is 5.78 Å². The van der Waals surface area contributed by atoms with Gasteiger partial charge >= 0.3 is 8.25 Å². The molecule has 3 unspecified atom stereocenters. The maximum Gasteiger partial charge on any atom is 0.489 e. The summed E-state index contributed by atoms with van der Waals surface area (Å²) in [7, 11) is -3.05. The molecule has 0 aliphatic rings. The molecule has 0 fully saturated rings. The van der Waals surface area contributed by atoms with Crippen molar-refractivity contribution in [1.82, 2.24) is 5.32 Å². The summed E-state index contributed by atoms with van der Waals surface area (Å²) in [6.07, 6.45) is 1.65. The molecule has 1 N–H and O–H groups in total. The smallest absolute Gasteiger partial charge is 0.489 e. The van der Waals surface area contributed by atoms with Crippen molar-refractivity contribution in [2.45, 2.75) is 58.1 Å². The molecule has 1 aromatic carbocycles. The van der Waals surface area contributed by atoms with Gasteiger partial charge in [0.2, 0.25) is 5.91 Å². The Bertz CT molecular complexity index is 549. The van der Waals surface area contributed by atoms with Crippen LogP contribution in [0, 0.1) is 0 Å². The number of ketones is 1. The lowest BCUT2D eigenvalue weighted by atomic mass is 9.98. The molecule has 24 heavy (non-hydrogen) atoms. The largest absolute Gasteiger partial charge is 0.566 e. The van der Waals surface area contributed by atoms with Gasteiger partial charge in [-0.15, -0.1) is 4.52 Å². The van der Waals surface area contributed by atoms with Crippen LogP contribution in [0.25, 0.3) is 0 Å². The molecule has 6 nitrogen and oxygen atoms in total. The molecule has 0 aliphatic carbocycles. The van der Waals surface area contributed by atoms with Gasteiger partial charge in [-0.1, -0.05) is 43.7 Å². The molecule has 0 spiro atoms. The average Bonchev–Trinajstić information content (AvgIpc) is 2.52. The molecule has 0 bridgehead atoms. The monoisotopic (exact) mass is 353 g/mol. The van der Waals surface area contributed by atoms with Crippen molar-refractivity contribution in [2.24, 2.45) is 0 Å². The van der Waals surface area contributed by atoms with E-state index in [1.54, 1.807) is 24.3 Å². The number of benzene rings is 1. The molecule has 0 radical (unpaired) electrons. The third-order valence-electron chi connectivity index (χ3n) is 3.57. The molecule has 0 saturated carbocycles. The van der Waals surface area contributed by atoms with E-state index in [9.17, 15) is 19.0 Å². The van der Waals surface area contributed by atoms with Crippen LogP contribution in [-0.2, 0) is 18.7 Å². The Morgan fingerprint density at radius 3 is 2.46 bits per heavy atom. The SMILES string of the molecule is CCCC(NC(=O)CCCC(C)=O)C(O[P+](=O)[O-])c1ccccc1. The van der Waals surface area contributed by atoms with E-state index < -0.39 is 20.4 Å². The Balaban J connectivity index is 2.81. The lowest BCUT2D eigenvalue weighted by molar-refractivity contribution is -0.191. The van der Waals surface area contributed by atoms with Crippen LogP contribution in [-0.4, -0.2) is 17.7 Å². The minimum Gasteiger partial charge on any atom is -0.566 e. The Morgan fingerprint density at radius 1 is 1.25 bits per heavy atom. The topological polar surface area (TPSA) is 95.5 Å². The number of carbonyl (C=O) groups excluding carboxylic acids is 2. The molecule has 1 amide bonds. The first kappa shape index (κ1) is 20.4. The standard InChI is InChI=1S/C17H24NO5P/c1-3-8-15(18-16(20)12-7-9-13(2)19)17(23-24(21)22)14-10-5-4-6-11-14/h4-6,10-11,15,17H,3,7-9,12H2,1-2H3,(H,18,20). The molecule has 132 valence electrons. The average molecular weight is 353 g/mol. The van der Waals surface area contributed by atoms with Gasteiger partial charge in [-0.25, -0.2) is 0 Å². The van der Waals surface area contributed by atoms with Crippen LogP contribution in [0.3, 0.4) is 0 Å². The molecule has 0 heterocycles. The van der Waals surface area contributed by atoms with E-state index in [-0.39, 0.29) is 18.1 Å². The van der Waals surface area contributed by atoms with Crippen molar-refractivity contribution in [2.75, 3.05) is 0 Å². The second-order valence-electron chi connectivity index (χ2n) is 5.68. The Hall–Kier alpha value is -1.62. The summed E-state index contributed by atoms with van der Waals surface area (Å²) in [5, 5.41) is 2.85. The van der Waals surface area contributed by atoms with Crippen LogP contribution < -0.4 is 10.2 Å². The third kappa shape index (κ3) is 7.77. The molecule has 1 aromatic rings. The van der Waals surface area contributed by atoms with Gasteiger partial charge in [0.05, 0.1) is 6.04 Å². The van der Waals surface area contributed by atoms with Crippen LogP contribution in [0.15, 0.2) is 30.3 Å². The van der Waals surface area contributed by atoms with Crippen LogP contribution >= 0.6 is 8.25 Å². The molecular formula is C17H24NO5P. The van der Waals surface area contributed by atoms with E-state index >= 15 is 0 Å². The normalized spacial score (nSPS) is 13.9. The molecule has 0 aliphatic heterocycles. The second-order valence-corrected chi connectivity index (χ2v) is 6.34. The van der Waals surface area contributed by atoms with E-state index in [1.807, 2.05) is 13.0 Å². The highest BCUT2D eigenvalue weighted by atomic mass is 31.1. The minimum absolute atomic E-state index is 0.0433. The zero-order valence-corrected chi connectivity index (χ0v) is 15.0. The highest BCUT2D eigenvalue weighted by molar-refractivity contribution is 7.30. The van der Waals surface area contributed by atoms with Gasteiger partial charge in [-0.05, 0) is 29.9 Å². The van der Waals surface area contributed by atoms with Crippen molar-refractivity contribution in [3.8, 4) is 0 Å². The lowest BCUT2D eigenvalue weighted by Crippen LogP contribution is -2.39. The lowest BCUT2D eigenvalue weighted by Gasteiger charge is -2.24. The summed E-state index contributed by atoms with van der Waals surface area (Å²) in [6.45, 7) is 3.44. The van der Waals surface area contributed by atoms with Gasteiger partial charge < -0.3 is 15.0 Å². The molecule has 0 aromatic heterocycles. The summed E-state index contributed by atoms with van der Waals surface area (Å²) in [6, 6.07) is 8.51. The first-order valence-corrected chi connectivity index (χ1v) is 9.18. The fraction of sp³-hybridized carbons (Fsp3) is 0.529. The minimum atomic E-state index is -3.05. The second kappa shape index (κ2) is 11.0. The zero-order chi connectivity index (χ0) is 17.9. The predicted molar refractivity (Wildman–Crippen MR) is 89.2 cm³/mol. The maximum atomic E-state index is 12.1. The van der Waals surface area contributed by atoms with Crippen molar-refractivity contribution in [3.05, 3.63) is 35.9 Å². The van der Waals surface area contributed by atoms with Gasteiger partial charge in [0.25, 0.3) is 0 Å². The summed E-state index contributed by atoms with van der Waals surface area (Å²) in [5.41, 5.74) is 0.694.